The number of amides is 1. The number of para-hydroxylation sites is 1. The maximum atomic E-state index is 13.5. The number of rotatable bonds is 5. The van der Waals surface area contributed by atoms with E-state index >= 15 is 0 Å². The van der Waals surface area contributed by atoms with Gasteiger partial charge in [-0.3, -0.25) is 10.1 Å². The Balaban J connectivity index is 1.50. The third-order valence-electron chi connectivity index (χ3n) is 6.42. The molecule has 5 heteroatoms. The Bertz CT molecular complexity index is 1550. The molecule has 0 saturated heterocycles. The molecular weight excluding hydrogens is 450 g/mol. The lowest BCUT2D eigenvalue weighted by Crippen LogP contribution is -2.13. The molecule has 0 fully saturated rings. The van der Waals surface area contributed by atoms with Gasteiger partial charge >= 0.3 is 0 Å². The molecular formula is C30H27N3OS. The quantitative estimate of drug-likeness (QED) is 0.281. The number of anilines is 1. The molecule has 5 aromatic rings. The van der Waals surface area contributed by atoms with Crippen LogP contribution in [0.2, 0.25) is 0 Å². The highest BCUT2D eigenvalue weighted by atomic mass is 32.1. The number of pyridine rings is 1. The Kier molecular flexibility index (Phi) is 6.18. The van der Waals surface area contributed by atoms with Crippen LogP contribution in [0.4, 0.5) is 5.13 Å². The van der Waals surface area contributed by atoms with Crippen LogP contribution in [0.1, 0.15) is 38.8 Å². The molecule has 0 aliphatic carbocycles. The van der Waals surface area contributed by atoms with Gasteiger partial charge in [-0.05, 0) is 62.1 Å². The van der Waals surface area contributed by atoms with Gasteiger partial charge in [0.25, 0.3) is 5.91 Å². The molecule has 1 N–H and O–H groups in total. The van der Waals surface area contributed by atoms with Gasteiger partial charge < -0.3 is 0 Å². The molecule has 0 atom stereocenters. The summed E-state index contributed by atoms with van der Waals surface area (Å²) in [6.07, 6.45) is 1.00. The van der Waals surface area contributed by atoms with Crippen molar-refractivity contribution < 1.29 is 4.79 Å². The molecule has 3 aromatic carbocycles. The summed E-state index contributed by atoms with van der Waals surface area (Å²) in [5, 5.41) is 4.46. The number of benzene rings is 3. The van der Waals surface area contributed by atoms with Gasteiger partial charge in [-0.25, -0.2) is 9.97 Å². The summed E-state index contributed by atoms with van der Waals surface area (Å²) >= 11 is 1.49. The highest BCUT2D eigenvalue weighted by molar-refractivity contribution is 7.16. The topological polar surface area (TPSA) is 54.9 Å². The number of hydrogen-bond donors (Lipinski definition) is 1. The van der Waals surface area contributed by atoms with Crippen molar-refractivity contribution in [1.29, 1.82) is 0 Å². The van der Waals surface area contributed by atoms with Crippen LogP contribution >= 0.6 is 11.3 Å². The van der Waals surface area contributed by atoms with E-state index < -0.39 is 0 Å². The Morgan fingerprint density at radius 2 is 1.60 bits per heavy atom. The second kappa shape index (κ2) is 9.43. The lowest BCUT2D eigenvalue weighted by atomic mass is 10.0. The summed E-state index contributed by atoms with van der Waals surface area (Å²) < 4.78 is 0. The first-order valence-electron chi connectivity index (χ1n) is 11.8. The summed E-state index contributed by atoms with van der Waals surface area (Å²) in [5.41, 5.74) is 8.84. The molecule has 35 heavy (non-hydrogen) atoms. The van der Waals surface area contributed by atoms with Crippen molar-refractivity contribution in [3.05, 3.63) is 99.9 Å². The van der Waals surface area contributed by atoms with Gasteiger partial charge in [0.05, 0.1) is 22.5 Å². The van der Waals surface area contributed by atoms with Crippen molar-refractivity contribution in [3.8, 4) is 22.5 Å². The Morgan fingerprint density at radius 1 is 0.857 bits per heavy atom. The third kappa shape index (κ3) is 4.60. The summed E-state index contributed by atoms with van der Waals surface area (Å²) in [6, 6.07) is 24.4. The van der Waals surface area contributed by atoms with Crippen LogP contribution in [0, 0.1) is 20.8 Å². The number of carbonyl (C=O) groups is 1. The second-order valence-electron chi connectivity index (χ2n) is 8.80. The van der Waals surface area contributed by atoms with Crippen molar-refractivity contribution in [2.45, 2.75) is 34.1 Å². The second-order valence-corrected chi connectivity index (χ2v) is 10.0. The summed E-state index contributed by atoms with van der Waals surface area (Å²) in [4.78, 5) is 24.2. The Morgan fingerprint density at radius 3 is 2.34 bits per heavy atom. The zero-order chi connectivity index (χ0) is 24.5. The summed E-state index contributed by atoms with van der Waals surface area (Å²) in [6.45, 7) is 8.36. The van der Waals surface area contributed by atoms with Gasteiger partial charge in [-0.15, -0.1) is 11.3 Å². The fourth-order valence-corrected chi connectivity index (χ4v) is 5.02. The molecule has 0 aliphatic heterocycles. The van der Waals surface area contributed by atoms with E-state index in [1.165, 1.54) is 28.0 Å². The van der Waals surface area contributed by atoms with E-state index in [4.69, 9.17) is 9.97 Å². The van der Waals surface area contributed by atoms with Crippen molar-refractivity contribution in [2.75, 3.05) is 5.32 Å². The van der Waals surface area contributed by atoms with Gasteiger partial charge in [0.15, 0.2) is 5.13 Å². The predicted octanol–water partition coefficient (Wildman–Crippen LogP) is 7.77. The fourth-order valence-electron chi connectivity index (χ4n) is 4.19. The number of aryl methyl sites for hydroxylation is 4. The maximum Gasteiger partial charge on any atom is 0.258 e. The highest BCUT2D eigenvalue weighted by Gasteiger charge is 2.17. The van der Waals surface area contributed by atoms with Crippen molar-refractivity contribution >= 4 is 33.3 Å². The number of nitrogens with one attached hydrogen (secondary N) is 1. The molecule has 174 valence electrons. The van der Waals surface area contributed by atoms with Gasteiger partial charge in [0, 0.05) is 21.4 Å². The first-order valence-corrected chi connectivity index (χ1v) is 12.6. The Hall–Kier alpha value is -3.83. The van der Waals surface area contributed by atoms with Crippen molar-refractivity contribution in [1.82, 2.24) is 9.97 Å². The molecule has 0 saturated carbocycles. The maximum absolute atomic E-state index is 13.5. The average molecular weight is 478 g/mol. The highest BCUT2D eigenvalue weighted by Crippen LogP contribution is 2.32. The van der Waals surface area contributed by atoms with Gasteiger partial charge in [-0.1, -0.05) is 61.5 Å². The lowest BCUT2D eigenvalue weighted by molar-refractivity contribution is 0.102. The SMILES string of the molecule is CCc1ccc(-c2nc(NC(=O)c3cc(-c4ccc(C)c(C)c4)nc4ccccc34)sc2C)cc1. The van der Waals surface area contributed by atoms with Crippen LogP contribution in [0.5, 0.6) is 0 Å². The zero-order valence-electron chi connectivity index (χ0n) is 20.3. The standard InChI is InChI=1S/C30H27N3OS/c1-5-21-11-14-22(15-12-21)28-20(4)35-30(32-28)33-29(34)25-17-27(23-13-10-18(2)19(3)16-23)31-26-9-7-6-8-24(25)26/h6-17H,5H2,1-4H3,(H,32,33,34). The van der Waals surface area contributed by atoms with Gasteiger partial charge in [0.1, 0.15) is 0 Å². The summed E-state index contributed by atoms with van der Waals surface area (Å²) in [7, 11) is 0. The van der Waals surface area contributed by atoms with Crippen LogP contribution in [-0.2, 0) is 6.42 Å². The van der Waals surface area contributed by atoms with Crippen molar-refractivity contribution in [3.63, 3.8) is 0 Å². The summed E-state index contributed by atoms with van der Waals surface area (Å²) in [5.74, 6) is -0.185. The minimum Gasteiger partial charge on any atom is -0.298 e. The molecule has 4 nitrogen and oxygen atoms in total. The molecule has 0 aliphatic rings. The molecule has 2 aromatic heterocycles. The number of aromatic nitrogens is 2. The van der Waals surface area contributed by atoms with E-state index in [9.17, 15) is 4.79 Å². The van der Waals surface area contributed by atoms with Gasteiger partial charge in [0.2, 0.25) is 0 Å². The molecule has 0 unspecified atom stereocenters. The molecule has 0 bridgehead atoms. The molecule has 2 heterocycles. The van der Waals surface area contributed by atoms with Gasteiger partial charge in [-0.2, -0.15) is 0 Å². The number of thiazole rings is 1. The van der Waals surface area contributed by atoms with Crippen LogP contribution in [0.3, 0.4) is 0 Å². The van der Waals surface area contributed by atoms with E-state index in [0.717, 1.165) is 44.7 Å². The first kappa shape index (κ1) is 22.9. The molecule has 1 amide bonds. The van der Waals surface area contributed by atoms with E-state index in [0.29, 0.717) is 10.7 Å². The smallest absolute Gasteiger partial charge is 0.258 e. The normalized spacial score (nSPS) is 11.1. The van der Waals surface area contributed by atoms with Crippen LogP contribution < -0.4 is 5.32 Å². The van der Waals surface area contributed by atoms with E-state index in [2.05, 4.69) is 68.6 Å². The van der Waals surface area contributed by atoms with E-state index in [-0.39, 0.29) is 5.91 Å². The van der Waals surface area contributed by atoms with Crippen LogP contribution in [-0.4, -0.2) is 15.9 Å². The Labute approximate surface area is 209 Å². The zero-order valence-corrected chi connectivity index (χ0v) is 21.2. The lowest BCUT2D eigenvalue weighted by Gasteiger charge is -2.11. The minimum atomic E-state index is -0.185. The number of nitrogens with zero attached hydrogens (tertiary/aromatic N) is 2. The fraction of sp³-hybridized carbons (Fsp3) is 0.167. The number of carbonyl (C=O) groups excluding carboxylic acids is 1. The first-order chi connectivity index (χ1) is 16.9. The largest absolute Gasteiger partial charge is 0.298 e. The number of fused-ring (bicyclic) bond motifs is 1. The monoisotopic (exact) mass is 477 g/mol. The van der Waals surface area contributed by atoms with E-state index in [1.54, 1.807) is 0 Å². The average Bonchev–Trinajstić information content (AvgIpc) is 3.24. The van der Waals surface area contributed by atoms with Crippen molar-refractivity contribution in [2.24, 2.45) is 0 Å². The van der Waals surface area contributed by atoms with E-state index in [1.807, 2.05) is 37.3 Å². The van der Waals surface area contributed by atoms with Crippen LogP contribution in [0.25, 0.3) is 33.4 Å². The van der Waals surface area contributed by atoms with Crippen LogP contribution in [0.15, 0.2) is 72.8 Å². The molecule has 0 spiro atoms. The predicted molar refractivity (Wildman–Crippen MR) is 146 cm³/mol. The third-order valence-corrected chi connectivity index (χ3v) is 7.30. The molecule has 0 radical (unpaired) electrons. The molecule has 5 rings (SSSR count). The number of hydrogen-bond acceptors (Lipinski definition) is 4. The minimum absolute atomic E-state index is 0.185.